The first-order valence-electron chi connectivity index (χ1n) is 6.87. The van der Waals surface area contributed by atoms with Gasteiger partial charge < -0.3 is 15.8 Å². The average Bonchev–Trinajstić information content (AvgIpc) is 2.94. The molecule has 0 aliphatic heterocycles. The SMILES string of the molecule is COc1ccc(N)cc1C(=O)NCC1(SC)CCCC1. The number of nitrogens with two attached hydrogens (primary N) is 1. The Morgan fingerprint density at radius 1 is 1.45 bits per heavy atom. The molecule has 0 aromatic heterocycles. The van der Waals surface area contributed by atoms with Crippen molar-refractivity contribution in [1.29, 1.82) is 0 Å². The van der Waals surface area contributed by atoms with Gasteiger partial charge in [0.15, 0.2) is 0 Å². The number of carbonyl (C=O) groups excluding carboxylic acids is 1. The highest BCUT2D eigenvalue weighted by Crippen LogP contribution is 2.39. The Labute approximate surface area is 124 Å². The molecule has 0 spiro atoms. The van der Waals surface area contributed by atoms with E-state index in [-0.39, 0.29) is 10.7 Å². The lowest BCUT2D eigenvalue weighted by Crippen LogP contribution is -2.38. The molecular formula is C15H22N2O2S. The third kappa shape index (κ3) is 3.20. The quantitative estimate of drug-likeness (QED) is 0.820. The van der Waals surface area contributed by atoms with E-state index >= 15 is 0 Å². The first-order valence-corrected chi connectivity index (χ1v) is 8.09. The first-order chi connectivity index (χ1) is 9.60. The van der Waals surface area contributed by atoms with Gasteiger partial charge in [-0.15, -0.1) is 0 Å². The highest BCUT2D eigenvalue weighted by Gasteiger charge is 2.33. The zero-order valence-corrected chi connectivity index (χ0v) is 12.9. The number of hydrogen-bond donors (Lipinski definition) is 2. The van der Waals surface area contributed by atoms with Gasteiger partial charge in [-0.25, -0.2) is 0 Å². The molecule has 0 atom stereocenters. The lowest BCUT2D eigenvalue weighted by molar-refractivity contribution is 0.0946. The van der Waals surface area contributed by atoms with E-state index in [0.29, 0.717) is 23.5 Å². The van der Waals surface area contributed by atoms with Gasteiger partial charge in [0, 0.05) is 17.0 Å². The maximum atomic E-state index is 12.3. The predicted molar refractivity (Wildman–Crippen MR) is 84.5 cm³/mol. The van der Waals surface area contributed by atoms with Crippen molar-refractivity contribution in [1.82, 2.24) is 5.32 Å². The fourth-order valence-electron chi connectivity index (χ4n) is 2.71. The molecule has 0 bridgehead atoms. The molecule has 110 valence electrons. The number of ether oxygens (including phenoxy) is 1. The summed E-state index contributed by atoms with van der Waals surface area (Å²) in [5, 5.41) is 3.04. The second-order valence-corrected chi connectivity index (χ2v) is 6.51. The number of methoxy groups -OCH3 is 1. The van der Waals surface area contributed by atoms with Crippen molar-refractivity contribution >= 4 is 23.4 Å². The van der Waals surface area contributed by atoms with E-state index in [4.69, 9.17) is 10.5 Å². The summed E-state index contributed by atoms with van der Waals surface area (Å²) in [6, 6.07) is 5.12. The third-order valence-corrected chi connectivity index (χ3v) is 5.41. The monoisotopic (exact) mass is 294 g/mol. The molecule has 0 unspecified atom stereocenters. The fraction of sp³-hybridized carbons (Fsp3) is 0.533. The van der Waals surface area contributed by atoms with Gasteiger partial charge in [0.05, 0.1) is 12.7 Å². The molecule has 1 aromatic carbocycles. The Morgan fingerprint density at radius 2 is 2.15 bits per heavy atom. The molecule has 1 aromatic rings. The van der Waals surface area contributed by atoms with Crippen LogP contribution < -0.4 is 15.8 Å². The van der Waals surface area contributed by atoms with Crippen LogP contribution in [0.1, 0.15) is 36.0 Å². The van der Waals surface area contributed by atoms with Gasteiger partial charge in [-0.2, -0.15) is 11.8 Å². The van der Waals surface area contributed by atoms with E-state index in [1.807, 2.05) is 11.8 Å². The van der Waals surface area contributed by atoms with Crippen LogP contribution in [0.25, 0.3) is 0 Å². The van der Waals surface area contributed by atoms with Crippen molar-refractivity contribution in [2.24, 2.45) is 0 Å². The zero-order chi connectivity index (χ0) is 14.6. The van der Waals surface area contributed by atoms with Gasteiger partial charge in [-0.3, -0.25) is 4.79 Å². The highest BCUT2D eigenvalue weighted by atomic mass is 32.2. The molecule has 2 rings (SSSR count). The number of hydrogen-bond acceptors (Lipinski definition) is 4. The molecular weight excluding hydrogens is 272 g/mol. The largest absolute Gasteiger partial charge is 0.496 e. The summed E-state index contributed by atoms with van der Waals surface area (Å²) in [5.41, 5.74) is 6.82. The minimum Gasteiger partial charge on any atom is -0.496 e. The van der Waals surface area contributed by atoms with Crippen LogP contribution in [0.2, 0.25) is 0 Å². The van der Waals surface area contributed by atoms with E-state index < -0.39 is 0 Å². The van der Waals surface area contributed by atoms with Crippen molar-refractivity contribution in [3.63, 3.8) is 0 Å². The molecule has 5 heteroatoms. The number of rotatable bonds is 5. The number of carbonyl (C=O) groups is 1. The second-order valence-electron chi connectivity index (χ2n) is 5.24. The summed E-state index contributed by atoms with van der Waals surface area (Å²) in [5.74, 6) is 0.441. The number of nitrogens with one attached hydrogen (secondary N) is 1. The number of anilines is 1. The maximum Gasteiger partial charge on any atom is 0.255 e. The van der Waals surface area contributed by atoms with Crippen molar-refractivity contribution < 1.29 is 9.53 Å². The number of amides is 1. The molecule has 1 saturated carbocycles. The molecule has 0 heterocycles. The molecule has 0 saturated heterocycles. The van der Waals surface area contributed by atoms with Crippen LogP contribution in [0.5, 0.6) is 5.75 Å². The van der Waals surface area contributed by atoms with Gasteiger partial charge in [-0.1, -0.05) is 12.8 Å². The molecule has 1 fully saturated rings. The van der Waals surface area contributed by atoms with Crippen LogP contribution in [-0.4, -0.2) is 30.6 Å². The van der Waals surface area contributed by atoms with Gasteiger partial charge in [0.1, 0.15) is 5.75 Å². The summed E-state index contributed by atoms with van der Waals surface area (Å²) >= 11 is 1.86. The Bertz CT molecular complexity index is 485. The molecule has 20 heavy (non-hydrogen) atoms. The third-order valence-electron chi connectivity index (χ3n) is 3.99. The Balaban J connectivity index is 2.06. The summed E-state index contributed by atoms with van der Waals surface area (Å²) < 4.78 is 5.42. The van der Waals surface area contributed by atoms with Crippen LogP contribution >= 0.6 is 11.8 Å². The molecule has 1 aliphatic rings. The second kappa shape index (κ2) is 6.39. The van der Waals surface area contributed by atoms with Gasteiger partial charge in [0.25, 0.3) is 5.91 Å². The Morgan fingerprint density at radius 3 is 2.75 bits per heavy atom. The minimum absolute atomic E-state index is 0.116. The van der Waals surface area contributed by atoms with E-state index in [2.05, 4.69) is 11.6 Å². The van der Waals surface area contributed by atoms with E-state index in [1.165, 1.54) is 25.7 Å². The Kier molecular flexibility index (Phi) is 4.81. The maximum absolute atomic E-state index is 12.3. The first kappa shape index (κ1) is 15.0. The van der Waals surface area contributed by atoms with Crippen LogP contribution in [0.3, 0.4) is 0 Å². The summed E-state index contributed by atoms with van der Waals surface area (Å²) in [6.07, 6.45) is 6.96. The summed E-state index contributed by atoms with van der Waals surface area (Å²) in [6.45, 7) is 0.699. The Hall–Kier alpha value is -1.36. The van der Waals surface area contributed by atoms with Crippen molar-refractivity contribution in [3.05, 3.63) is 23.8 Å². The predicted octanol–water partition coefficient (Wildman–Crippen LogP) is 2.68. The van der Waals surface area contributed by atoms with Crippen molar-refractivity contribution in [2.45, 2.75) is 30.4 Å². The van der Waals surface area contributed by atoms with Gasteiger partial charge >= 0.3 is 0 Å². The van der Waals surface area contributed by atoms with Crippen LogP contribution in [-0.2, 0) is 0 Å². The van der Waals surface area contributed by atoms with Crippen LogP contribution in [0.15, 0.2) is 18.2 Å². The fourth-order valence-corrected chi connectivity index (χ4v) is 3.63. The lowest BCUT2D eigenvalue weighted by atomic mass is 10.1. The smallest absolute Gasteiger partial charge is 0.255 e. The van der Waals surface area contributed by atoms with Crippen molar-refractivity contribution in [3.8, 4) is 5.75 Å². The summed E-state index contributed by atoms with van der Waals surface area (Å²) in [7, 11) is 1.56. The van der Waals surface area contributed by atoms with Crippen molar-refractivity contribution in [2.75, 3.05) is 25.6 Å². The number of nitrogen functional groups attached to an aromatic ring is 1. The van der Waals surface area contributed by atoms with Gasteiger partial charge in [0.2, 0.25) is 0 Å². The zero-order valence-electron chi connectivity index (χ0n) is 12.1. The molecule has 0 radical (unpaired) electrons. The van der Waals surface area contributed by atoms with Crippen LogP contribution in [0, 0.1) is 0 Å². The van der Waals surface area contributed by atoms with E-state index in [0.717, 1.165) is 0 Å². The van der Waals surface area contributed by atoms with Gasteiger partial charge in [-0.05, 0) is 37.3 Å². The average molecular weight is 294 g/mol. The summed E-state index contributed by atoms with van der Waals surface area (Å²) in [4.78, 5) is 12.3. The number of thioether (sulfide) groups is 1. The molecule has 4 nitrogen and oxygen atoms in total. The normalized spacial score (nSPS) is 16.9. The molecule has 3 N–H and O–H groups in total. The molecule has 1 aliphatic carbocycles. The lowest BCUT2D eigenvalue weighted by Gasteiger charge is -2.27. The van der Waals surface area contributed by atoms with E-state index in [1.54, 1.807) is 25.3 Å². The standard InChI is InChI=1S/C15H22N2O2S/c1-19-13-6-5-11(16)9-12(13)14(18)17-10-15(20-2)7-3-4-8-15/h5-6,9H,3-4,7-8,10,16H2,1-2H3,(H,17,18). The minimum atomic E-state index is -0.116. The van der Waals surface area contributed by atoms with E-state index in [9.17, 15) is 4.79 Å². The molecule has 1 amide bonds. The van der Waals surface area contributed by atoms with Crippen LogP contribution in [0.4, 0.5) is 5.69 Å². The number of benzene rings is 1. The topological polar surface area (TPSA) is 64.3 Å². The highest BCUT2D eigenvalue weighted by molar-refractivity contribution is 8.00.